The molecule has 10 aromatic carbocycles. The maximum absolute atomic E-state index is 5.20. The van der Waals surface area contributed by atoms with Crippen LogP contribution in [0.3, 0.4) is 0 Å². The molecule has 0 fully saturated rings. The van der Waals surface area contributed by atoms with E-state index in [1.54, 1.807) is 0 Å². The maximum Gasteiger partial charge on any atom is 0.160 e. The lowest BCUT2D eigenvalue weighted by atomic mass is 9.94. The van der Waals surface area contributed by atoms with Crippen LogP contribution in [-0.4, -0.2) is 19.1 Å². The Hall–Kier alpha value is -8.34. The number of para-hydroxylation sites is 3. The molecule has 4 nitrogen and oxygen atoms in total. The first-order valence-corrected chi connectivity index (χ1v) is 21.2. The molecule has 0 aliphatic heterocycles. The third-order valence-electron chi connectivity index (χ3n) is 13.2. The van der Waals surface area contributed by atoms with Gasteiger partial charge in [0.05, 0.1) is 33.3 Å². The normalized spacial score (nSPS) is 12.2. The third-order valence-corrected chi connectivity index (χ3v) is 13.2. The standard InChI is InChI=1S/C58H34N4/c1-2-13-39(14-3-1)61-51-23-10-8-17-43(51)49-33-37(28-30-53(49)61)48-34-54-55(44-18-6-4-16-42(44)48)47-20-9-11-24-52(47)62(54)40-29-27-35-31-38(26-25-36(35)32-40)58-59-50-22-12-21-45-41-15-5-7-19-46(41)57(60-58)56(45)50/h1-34H. The first-order chi connectivity index (χ1) is 30.7. The van der Waals surface area contributed by atoms with Crippen LogP contribution in [0, 0.1) is 0 Å². The van der Waals surface area contributed by atoms with Crippen LogP contribution in [0.25, 0.3) is 132 Å². The number of hydrogen-bond donors (Lipinski definition) is 0. The second kappa shape index (κ2) is 12.6. The summed E-state index contributed by atoms with van der Waals surface area (Å²) in [6, 6.07) is 75.1. The molecule has 3 aromatic heterocycles. The molecule has 0 amide bonds. The van der Waals surface area contributed by atoms with E-state index in [-0.39, 0.29) is 0 Å². The first-order valence-electron chi connectivity index (χ1n) is 21.2. The number of hydrogen-bond acceptors (Lipinski definition) is 2. The zero-order valence-electron chi connectivity index (χ0n) is 33.4. The van der Waals surface area contributed by atoms with Crippen molar-refractivity contribution in [1.29, 1.82) is 0 Å². The van der Waals surface area contributed by atoms with Gasteiger partial charge in [0, 0.05) is 49.4 Å². The van der Waals surface area contributed by atoms with Gasteiger partial charge in [0.1, 0.15) is 0 Å². The molecule has 4 heteroatoms. The quantitative estimate of drug-likeness (QED) is 0.178. The van der Waals surface area contributed by atoms with Crippen molar-refractivity contribution in [3.63, 3.8) is 0 Å². The molecule has 0 saturated heterocycles. The molecule has 286 valence electrons. The lowest BCUT2D eigenvalue weighted by molar-refractivity contribution is 1.18. The fourth-order valence-electron chi connectivity index (χ4n) is 10.5. The zero-order chi connectivity index (χ0) is 40.5. The Kier molecular flexibility index (Phi) is 6.80. The van der Waals surface area contributed by atoms with Crippen molar-refractivity contribution in [1.82, 2.24) is 19.1 Å². The molecular weight excluding hydrogens is 753 g/mol. The second-order valence-electron chi connectivity index (χ2n) is 16.5. The maximum atomic E-state index is 5.20. The smallest absolute Gasteiger partial charge is 0.160 e. The van der Waals surface area contributed by atoms with Gasteiger partial charge in [-0.2, -0.15) is 0 Å². The van der Waals surface area contributed by atoms with Crippen molar-refractivity contribution >= 4 is 76.1 Å². The molecule has 62 heavy (non-hydrogen) atoms. The summed E-state index contributed by atoms with van der Waals surface area (Å²) in [5.74, 6) is 0.747. The second-order valence-corrected chi connectivity index (χ2v) is 16.5. The molecule has 0 spiro atoms. The number of aromatic nitrogens is 4. The highest BCUT2D eigenvalue weighted by Gasteiger charge is 2.24. The molecule has 0 N–H and O–H groups in total. The van der Waals surface area contributed by atoms with Gasteiger partial charge in [-0.15, -0.1) is 0 Å². The predicted octanol–water partition coefficient (Wildman–Crippen LogP) is 15.1. The van der Waals surface area contributed by atoms with Crippen LogP contribution in [0.2, 0.25) is 0 Å². The van der Waals surface area contributed by atoms with Crippen molar-refractivity contribution in [3.8, 4) is 56.3 Å². The Labute approximate surface area is 356 Å². The monoisotopic (exact) mass is 786 g/mol. The minimum absolute atomic E-state index is 0.747. The van der Waals surface area contributed by atoms with Crippen molar-refractivity contribution in [3.05, 3.63) is 206 Å². The Morgan fingerprint density at radius 1 is 0.306 bits per heavy atom. The van der Waals surface area contributed by atoms with Crippen LogP contribution in [0.4, 0.5) is 0 Å². The fourth-order valence-corrected chi connectivity index (χ4v) is 10.5. The third kappa shape index (κ3) is 4.66. The van der Waals surface area contributed by atoms with E-state index in [1.165, 1.54) is 82.2 Å². The minimum Gasteiger partial charge on any atom is -0.309 e. The highest BCUT2D eigenvalue weighted by atomic mass is 15.0. The van der Waals surface area contributed by atoms with Gasteiger partial charge in [0.25, 0.3) is 0 Å². The van der Waals surface area contributed by atoms with Crippen molar-refractivity contribution in [2.75, 3.05) is 0 Å². The van der Waals surface area contributed by atoms with Crippen LogP contribution in [0.15, 0.2) is 206 Å². The van der Waals surface area contributed by atoms with E-state index < -0.39 is 0 Å². The van der Waals surface area contributed by atoms with Crippen LogP contribution in [0.5, 0.6) is 0 Å². The van der Waals surface area contributed by atoms with Gasteiger partial charge in [-0.3, -0.25) is 0 Å². The van der Waals surface area contributed by atoms with Crippen LogP contribution >= 0.6 is 0 Å². The predicted molar refractivity (Wildman–Crippen MR) is 259 cm³/mol. The van der Waals surface area contributed by atoms with Crippen LogP contribution in [0.1, 0.15) is 0 Å². The van der Waals surface area contributed by atoms with Gasteiger partial charge < -0.3 is 9.13 Å². The van der Waals surface area contributed by atoms with E-state index in [0.717, 1.165) is 50.1 Å². The molecule has 1 aliphatic rings. The molecule has 13 aromatic rings. The lowest BCUT2D eigenvalue weighted by Crippen LogP contribution is -1.95. The molecule has 0 radical (unpaired) electrons. The molecule has 0 atom stereocenters. The van der Waals surface area contributed by atoms with Crippen molar-refractivity contribution in [2.45, 2.75) is 0 Å². The van der Waals surface area contributed by atoms with E-state index in [0.29, 0.717) is 0 Å². The van der Waals surface area contributed by atoms with Gasteiger partial charge in [-0.1, -0.05) is 140 Å². The topological polar surface area (TPSA) is 35.6 Å². The molecular formula is C58H34N4. The lowest BCUT2D eigenvalue weighted by Gasteiger charge is -2.14. The van der Waals surface area contributed by atoms with E-state index in [4.69, 9.17) is 9.97 Å². The molecule has 0 bridgehead atoms. The van der Waals surface area contributed by atoms with Gasteiger partial charge >= 0.3 is 0 Å². The van der Waals surface area contributed by atoms with Crippen LogP contribution in [-0.2, 0) is 0 Å². The van der Waals surface area contributed by atoms with Gasteiger partial charge in [-0.05, 0) is 111 Å². The number of nitrogens with zero attached hydrogens (tertiary/aromatic N) is 4. The highest BCUT2D eigenvalue weighted by Crippen LogP contribution is 2.47. The first kappa shape index (κ1) is 33.5. The van der Waals surface area contributed by atoms with E-state index in [2.05, 4.69) is 215 Å². The Balaban J connectivity index is 0.948. The summed E-state index contributed by atoms with van der Waals surface area (Å²) in [6.45, 7) is 0. The number of rotatable bonds is 4. The Morgan fingerprint density at radius 2 is 0.952 bits per heavy atom. The van der Waals surface area contributed by atoms with Gasteiger partial charge in [0.15, 0.2) is 5.82 Å². The summed E-state index contributed by atoms with van der Waals surface area (Å²) in [7, 11) is 0. The summed E-state index contributed by atoms with van der Waals surface area (Å²) in [6.07, 6.45) is 0. The van der Waals surface area contributed by atoms with Gasteiger partial charge in [-0.25, -0.2) is 9.97 Å². The molecule has 3 heterocycles. The summed E-state index contributed by atoms with van der Waals surface area (Å²) < 4.78 is 4.84. The van der Waals surface area contributed by atoms with E-state index in [9.17, 15) is 0 Å². The Morgan fingerprint density at radius 3 is 1.82 bits per heavy atom. The average molecular weight is 787 g/mol. The average Bonchev–Trinajstić information content (AvgIpc) is 3.97. The summed E-state index contributed by atoms with van der Waals surface area (Å²) in [4.78, 5) is 10.3. The summed E-state index contributed by atoms with van der Waals surface area (Å²) >= 11 is 0. The summed E-state index contributed by atoms with van der Waals surface area (Å²) in [5.41, 5.74) is 16.1. The molecule has 14 rings (SSSR count). The summed E-state index contributed by atoms with van der Waals surface area (Å²) in [5, 5.41) is 10.9. The Bertz CT molecular complexity index is 4040. The van der Waals surface area contributed by atoms with Crippen molar-refractivity contribution < 1.29 is 0 Å². The minimum atomic E-state index is 0.747. The fraction of sp³-hybridized carbons (Fsp3) is 0. The zero-order valence-corrected chi connectivity index (χ0v) is 33.4. The van der Waals surface area contributed by atoms with Gasteiger partial charge in [0.2, 0.25) is 0 Å². The van der Waals surface area contributed by atoms with Crippen molar-refractivity contribution in [2.24, 2.45) is 0 Å². The SMILES string of the molecule is c1ccc(-n2c3ccccc3c3cc(-c4cc5c(c6ccccc46)c4ccccc4n5-c4ccc5cc(-c6nc7c8c(cccc8n6)-c6ccccc6-7)ccc5c4)ccc32)cc1. The number of fused-ring (bicyclic) bond motifs is 12. The highest BCUT2D eigenvalue weighted by molar-refractivity contribution is 6.25. The van der Waals surface area contributed by atoms with E-state index >= 15 is 0 Å². The molecule has 0 saturated carbocycles. The molecule has 0 unspecified atom stereocenters. The number of benzene rings is 10. The largest absolute Gasteiger partial charge is 0.309 e. The molecule has 1 aliphatic carbocycles. The van der Waals surface area contributed by atoms with E-state index in [1.807, 2.05) is 0 Å². The van der Waals surface area contributed by atoms with Crippen LogP contribution < -0.4 is 0 Å².